The van der Waals surface area contributed by atoms with E-state index < -0.39 is 0 Å². The predicted octanol–water partition coefficient (Wildman–Crippen LogP) is 3.72. The first kappa shape index (κ1) is 13.6. The van der Waals surface area contributed by atoms with Crippen molar-refractivity contribution >= 4 is 11.5 Å². The monoisotopic (exact) mass is 255 g/mol. The Hall–Kier alpha value is -1.87. The van der Waals surface area contributed by atoms with Gasteiger partial charge in [-0.25, -0.2) is 4.98 Å². The first-order valence-corrected chi connectivity index (χ1v) is 6.63. The minimum atomic E-state index is 0.478. The third kappa shape index (κ3) is 3.12. The van der Waals surface area contributed by atoms with E-state index in [1.165, 1.54) is 11.1 Å². The van der Waals surface area contributed by atoms with E-state index in [0.29, 0.717) is 12.5 Å². The van der Waals surface area contributed by atoms with Gasteiger partial charge in [-0.05, 0) is 35.6 Å². The van der Waals surface area contributed by atoms with E-state index in [9.17, 15) is 0 Å². The molecule has 0 atom stereocenters. The molecule has 0 aliphatic heterocycles. The van der Waals surface area contributed by atoms with E-state index >= 15 is 0 Å². The molecule has 19 heavy (non-hydrogen) atoms. The Morgan fingerprint density at radius 1 is 1.21 bits per heavy atom. The van der Waals surface area contributed by atoms with E-state index in [0.717, 1.165) is 17.1 Å². The van der Waals surface area contributed by atoms with Crippen LogP contribution in [0, 0.1) is 6.92 Å². The molecule has 0 aliphatic rings. The molecule has 3 heteroatoms. The topological polar surface area (TPSA) is 50.9 Å². The quantitative estimate of drug-likeness (QED) is 0.875. The van der Waals surface area contributed by atoms with Crippen LogP contribution in [-0.4, -0.2) is 4.98 Å². The van der Waals surface area contributed by atoms with Gasteiger partial charge in [-0.1, -0.05) is 38.1 Å². The number of nitrogens with zero attached hydrogens (tertiary/aromatic N) is 1. The van der Waals surface area contributed by atoms with Crippen LogP contribution in [-0.2, 0) is 6.54 Å². The third-order valence-corrected chi connectivity index (χ3v) is 3.24. The van der Waals surface area contributed by atoms with Gasteiger partial charge < -0.3 is 11.1 Å². The number of benzene rings is 1. The number of para-hydroxylation sites is 1. The van der Waals surface area contributed by atoms with Crippen molar-refractivity contribution in [2.75, 3.05) is 5.32 Å². The molecule has 0 saturated heterocycles. The van der Waals surface area contributed by atoms with Gasteiger partial charge in [0, 0.05) is 18.4 Å². The SMILES string of the molecule is Cc1cccc(C(C)C)c1Nc1ccc(CN)cn1. The molecule has 0 saturated carbocycles. The molecule has 0 amide bonds. The van der Waals surface area contributed by atoms with E-state index in [4.69, 9.17) is 5.73 Å². The highest BCUT2D eigenvalue weighted by Gasteiger charge is 2.09. The Kier molecular flexibility index (Phi) is 4.17. The lowest BCUT2D eigenvalue weighted by Gasteiger charge is -2.16. The summed E-state index contributed by atoms with van der Waals surface area (Å²) >= 11 is 0. The Labute approximate surface area is 114 Å². The summed E-state index contributed by atoms with van der Waals surface area (Å²) in [6.07, 6.45) is 1.82. The normalized spacial score (nSPS) is 10.8. The van der Waals surface area contributed by atoms with Gasteiger partial charge >= 0.3 is 0 Å². The second kappa shape index (κ2) is 5.85. The van der Waals surface area contributed by atoms with E-state index in [1.807, 2.05) is 18.3 Å². The van der Waals surface area contributed by atoms with Gasteiger partial charge in [0.2, 0.25) is 0 Å². The van der Waals surface area contributed by atoms with Crippen LogP contribution in [0.5, 0.6) is 0 Å². The standard InChI is InChI=1S/C16H21N3/c1-11(2)14-6-4-5-12(3)16(14)19-15-8-7-13(9-17)10-18-15/h4-8,10-11H,9,17H2,1-3H3,(H,18,19). The smallest absolute Gasteiger partial charge is 0.130 e. The van der Waals surface area contributed by atoms with Crippen LogP contribution in [0.1, 0.15) is 36.5 Å². The minimum Gasteiger partial charge on any atom is -0.340 e. The van der Waals surface area contributed by atoms with Crippen molar-refractivity contribution in [3.63, 3.8) is 0 Å². The number of nitrogens with two attached hydrogens (primary N) is 1. The summed E-state index contributed by atoms with van der Waals surface area (Å²) in [4.78, 5) is 4.40. The zero-order valence-corrected chi connectivity index (χ0v) is 11.8. The Morgan fingerprint density at radius 3 is 2.58 bits per heavy atom. The van der Waals surface area contributed by atoms with E-state index in [2.05, 4.69) is 49.3 Å². The van der Waals surface area contributed by atoms with Crippen molar-refractivity contribution in [3.8, 4) is 0 Å². The summed E-state index contributed by atoms with van der Waals surface area (Å²) in [6, 6.07) is 10.3. The summed E-state index contributed by atoms with van der Waals surface area (Å²) in [5.74, 6) is 1.33. The second-order valence-electron chi connectivity index (χ2n) is 5.07. The van der Waals surface area contributed by atoms with Crippen LogP contribution in [0.15, 0.2) is 36.5 Å². The number of aromatic nitrogens is 1. The maximum absolute atomic E-state index is 5.58. The van der Waals surface area contributed by atoms with Gasteiger partial charge in [-0.3, -0.25) is 0 Å². The molecule has 0 aliphatic carbocycles. The number of rotatable bonds is 4. The summed E-state index contributed by atoms with van der Waals surface area (Å²) in [5, 5.41) is 3.42. The number of nitrogens with one attached hydrogen (secondary N) is 1. The number of hydrogen-bond donors (Lipinski definition) is 2. The van der Waals surface area contributed by atoms with Crippen molar-refractivity contribution in [1.82, 2.24) is 4.98 Å². The summed E-state index contributed by atoms with van der Waals surface area (Å²) in [7, 11) is 0. The molecule has 1 aromatic carbocycles. The lowest BCUT2D eigenvalue weighted by atomic mass is 9.98. The van der Waals surface area contributed by atoms with Crippen molar-refractivity contribution in [2.45, 2.75) is 33.2 Å². The zero-order chi connectivity index (χ0) is 13.8. The highest BCUT2D eigenvalue weighted by Crippen LogP contribution is 2.29. The lowest BCUT2D eigenvalue weighted by Crippen LogP contribution is -2.03. The van der Waals surface area contributed by atoms with Crippen molar-refractivity contribution < 1.29 is 0 Å². The Balaban J connectivity index is 2.31. The molecular weight excluding hydrogens is 234 g/mol. The van der Waals surface area contributed by atoms with Crippen molar-refractivity contribution in [3.05, 3.63) is 53.2 Å². The number of hydrogen-bond acceptors (Lipinski definition) is 3. The van der Waals surface area contributed by atoms with Gasteiger partial charge in [0.05, 0.1) is 0 Å². The molecule has 100 valence electrons. The number of anilines is 2. The first-order valence-electron chi connectivity index (χ1n) is 6.63. The van der Waals surface area contributed by atoms with Crippen molar-refractivity contribution in [1.29, 1.82) is 0 Å². The molecule has 0 unspecified atom stereocenters. The van der Waals surface area contributed by atoms with Crippen LogP contribution in [0.2, 0.25) is 0 Å². The molecule has 0 bridgehead atoms. The Bertz CT molecular complexity index is 544. The average Bonchev–Trinajstić information content (AvgIpc) is 2.41. The molecule has 0 spiro atoms. The maximum atomic E-state index is 5.58. The summed E-state index contributed by atoms with van der Waals surface area (Å²) in [6.45, 7) is 7.03. The molecule has 1 aromatic heterocycles. The van der Waals surface area contributed by atoms with E-state index in [-0.39, 0.29) is 0 Å². The van der Waals surface area contributed by atoms with Crippen LogP contribution in [0.3, 0.4) is 0 Å². The lowest BCUT2D eigenvalue weighted by molar-refractivity contribution is 0.867. The zero-order valence-electron chi connectivity index (χ0n) is 11.8. The highest BCUT2D eigenvalue weighted by molar-refractivity contribution is 5.65. The van der Waals surface area contributed by atoms with Crippen molar-refractivity contribution in [2.24, 2.45) is 5.73 Å². The van der Waals surface area contributed by atoms with Crippen LogP contribution in [0.25, 0.3) is 0 Å². The van der Waals surface area contributed by atoms with Crippen LogP contribution < -0.4 is 11.1 Å². The fourth-order valence-electron chi connectivity index (χ4n) is 2.09. The maximum Gasteiger partial charge on any atom is 0.130 e. The Morgan fingerprint density at radius 2 is 2.00 bits per heavy atom. The molecule has 3 nitrogen and oxygen atoms in total. The van der Waals surface area contributed by atoms with Gasteiger partial charge in [0.15, 0.2) is 0 Å². The van der Waals surface area contributed by atoms with Gasteiger partial charge in [0.25, 0.3) is 0 Å². The fraction of sp³-hybridized carbons (Fsp3) is 0.312. The first-order chi connectivity index (χ1) is 9.11. The van der Waals surface area contributed by atoms with Gasteiger partial charge in [-0.15, -0.1) is 0 Å². The molecule has 3 N–H and O–H groups in total. The second-order valence-corrected chi connectivity index (χ2v) is 5.07. The molecule has 2 aromatic rings. The highest BCUT2D eigenvalue weighted by atomic mass is 15.0. The van der Waals surface area contributed by atoms with Crippen LogP contribution in [0.4, 0.5) is 11.5 Å². The largest absolute Gasteiger partial charge is 0.340 e. The molecule has 0 fully saturated rings. The number of aryl methyl sites for hydroxylation is 1. The summed E-state index contributed by atoms with van der Waals surface area (Å²) < 4.78 is 0. The third-order valence-electron chi connectivity index (χ3n) is 3.24. The van der Waals surface area contributed by atoms with Gasteiger partial charge in [0.1, 0.15) is 5.82 Å². The molecule has 1 heterocycles. The van der Waals surface area contributed by atoms with E-state index in [1.54, 1.807) is 0 Å². The molecular formula is C16H21N3. The van der Waals surface area contributed by atoms with Crippen LogP contribution >= 0.6 is 0 Å². The number of pyridine rings is 1. The minimum absolute atomic E-state index is 0.478. The molecule has 2 rings (SSSR count). The average molecular weight is 255 g/mol. The summed E-state index contributed by atoms with van der Waals surface area (Å²) in [5.41, 5.74) is 10.3. The predicted molar refractivity (Wildman–Crippen MR) is 80.7 cm³/mol. The van der Waals surface area contributed by atoms with Gasteiger partial charge in [-0.2, -0.15) is 0 Å². The fourth-order valence-corrected chi connectivity index (χ4v) is 2.09. The molecule has 0 radical (unpaired) electrons.